The minimum Gasteiger partial charge on any atom is -0.409 e. The fourth-order valence-corrected chi connectivity index (χ4v) is 1.45. The van der Waals surface area contributed by atoms with Gasteiger partial charge in [0.25, 0.3) is 0 Å². The molecule has 1 aromatic carbocycles. The molecule has 0 aliphatic heterocycles. The fourth-order valence-electron chi connectivity index (χ4n) is 1.45. The Bertz CT molecular complexity index is 415. The monoisotopic (exact) mass is 261 g/mol. The highest BCUT2D eigenvalue weighted by atomic mass is 19.4. The minimum absolute atomic E-state index is 0.0573. The lowest BCUT2D eigenvalue weighted by Gasteiger charge is -2.15. The molecule has 0 fully saturated rings. The molecule has 0 saturated heterocycles. The van der Waals surface area contributed by atoms with Crippen LogP contribution in [0.3, 0.4) is 0 Å². The summed E-state index contributed by atoms with van der Waals surface area (Å²) in [6.07, 6.45) is -4.05. The van der Waals surface area contributed by atoms with Crippen LogP contribution in [0.25, 0.3) is 0 Å². The van der Waals surface area contributed by atoms with Crippen molar-refractivity contribution >= 4 is 11.5 Å². The molecule has 4 nitrogen and oxygen atoms in total. The van der Waals surface area contributed by atoms with E-state index in [1.165, 1.54) is 12.1 Å². The fraction of sp³-hybridized carbons (Fsp3) is 0.364. The molecule has 1 unspecified atom stereocenters. The number of halogens is 3. The van der Waals surface area contributed by atoms with E-state index in [0.29, 0.717) is 5.69 Å². The Morgan fingerprint density at radius 1 is 1.39 bits per heavy atom. The van der Waals surface area contributed by atoms with Crippen molar-refractivity contribution in [2.24, 2.45) is 10.9 Å². The third-order valence-electron chi connectivity index (χ3n) is 2.27. The molecule has 100 valence electrons. The van der Waals surface area contributed by atoms with Gasteiger partial charge in [0.2, 0.25) is 0 Å². The van der Waals surface area contributed by atoms with Crippen molar-refractivity contribution < 1.29 is 18.4 Å². The van der Waals surface area contributed by atoms with Crippen molar-refractivity contribution in [3.05, 3.63) is 29.8 Å². The first kappa shape index (κ1) is 14.1. The summed E-state index contributed by atoms with van der Waals surface area (Å²) in [7, 11) is 0. The molecule has 0 saturated carbocycles. The molecule has 1 aromatic rings. The topological polar surface area (TPSA) is 70.6 Å². The van der Waals surface area contributed by atoms with Gasteiger partial charge in [0, 0.05) is 18.2 Å². The van der Waals surface area contributed by atoms with Gasteiger partial charge in [-0.15, -0.1) is 0 Å². The first-order valence-corrected chi connectivity index (χ1v) is 5.23. The molecular weight excluding hydrogens is 247 g/mol. The first-order valence-electron chi connectivity index (χ1n) is 5.23. The molecule has 0 spiro atoms. The second-order valence-corrected chi connectivity index (χ2v) is 3.92. The molecule has 1 rings (SSSR count). The molecule has 1 atom stereocenters. The Balaban J connectivity index is 2.64. The van der Waals surface area contributed by atoms with Crippen LogP contribution in [0.2, 0.25) is 0 Å². The summed E-state index contributed by atoms with van der Waals surface area (Å²) >= 11 is 0. The summed E-state index contributed by atoms with van der Waals surface area (Å²) in [5.41, 5.74) is 5.17. The average Bonchev–Trinajstić information content (AvgIpc) is 2.28. The van der Waals surface area contributed by atoms with Crippen LogP contribution in [0.4, 0.5) is 18.9 Å². The molecule has 0 radical (unpaired) electrons. The normalized spacial score (nSPS) is 14.3. The predicted octanol–water partition coefficient (Wildman–Crippen LogP) is 2.64. The number of nitrogens with zero attached hydrogens (tertiary/aromatic N) is 1. The highest BCUT2D eigenvalue weighted by Gasteiger charge is 2.29. The Kier molecular flexibility index (Phi) is 4.41. The number of benzene rings is 1. The molecular formula is C11H14F3N3O. The molecule has 7 heteroatoms. The van der Waals surface area contributed by atoms with Crippen LogP contribution >= 0.6 is 0 Å². The van der Waals surface area contributed by atoms with E-state index in [2.05, 4.69) is 10.5 Å². The van der Waals surface area contributed by atoms with E-state index in [9.17, 15) is 13.2 Å². The molecule has 0 heterocycles. The molecule has 0 bridgehead atoms. The second kappa shape index (κ2) is 5.61. The molecule has 0 aliphatic carbocycles. The van der Waals surface area contributed by atoms with Crippen LogP contribution < -0.4 is 11.1 Å². The van der Waals surface area contributed by atoms with Gasteiger partial charge in [-0.05, 0) is 31.2 Å². The molecule has 4 N–H and O–H groups in total. The SMILES string of the molecule is CC(C/C(N)=N/O)Nc1ccc(C(F)(F)F)cc1. The first-order chi connectivity index (χ1) is 8.32. The van der Waals surface area contributed by atoms with Crippen molar-refractivity contribution in [3.8, 4) is 0 Å². The Labute approximate surface area is 102 Å². The van der Waals surface area contributed by atoms with Gasteiger partial charge in [0.15, 0.2) is 0 Å². The smallest absolute Gasteiger partial charge is 0.409 e. The summed E-state index contributed by atoms with van der Waals surface area (Å²) < 4.78 is 37.0. The zero-order chi connectivity index (χ0) is 13.8. The van der Waals surface area contributed by atoms with E-state index in [1.807, 2.05) is 0 Å². The van der Waals surface area contributed by atoms with Gasteiger partial charge in [-0.1, -0.05) is 5.16 Å². The Morgan fingerprint density at radius 2 is 1.94 bits per heavy atom. The van der Waals surface area contributed by atoms with Crippen LogP contribution in [0.5, 0.6) is 0 Å². The number of hydrogen-bond acceptors (Lipinski definition) is 3. The third kappa shape index (κ3) is 4.15. The number of rotatable bonds is 4. The largest absolute Gasteiger partial charge is 0.416 e. The van der Waals surface area contributed by atoms with Gasteiger partial charge in [-0.25, -0.2) is 0 Å². The van der Waals surface area contributed by atoms with Crippen molar-refractivity contribution in [2.45, 2.75) is 25.6 Å². The summed E-state index contributed by atoms with van der Waals surface area (Å²) in [5.74, 6) is 0.0573. The number of alkyl halides is 3. The number of nitrogens with two attached hydrogens (primary N) is 1. The predicted molar refractivity (Wildman–Crippen MR) is 62.6 cm³/mol. The number of nitrogens with one attached hydrogen (secondary N) is 1. The standard InChI is InChI=1S/C11H14F3N3O/c1-7(6-10(15)17-18)16-9-4-2-8(3-5-9)11(12,13)14/h2-5,7,16,18H,6H2,1H3,(H2,15,17). The van der Waals surface area contributed by atoms with E-state index in [-0.39, 0.29) is 18.3 Å². The molecule has 0 amide bonds. The van der Waals surface area contributed by atoms with Crippen LogP contribution in [0.1, 0.15) is 18.9 Å². The van der Waals surface area contributed by atoms with E-state index < -0.39 is 11.7 Å². The van der Waals surface area contributed by atoms with Crippen LogP contribution in [-0.2, 0) is 6.18 Å². The number of amidine groups is 1. The second-order valence-electron chi connectivity index (χ2n) is 3.92. The summed E-state index contributed by atoms with van der Waals surface area (Å²) in [4.78, 5) is 0. The highest BCUT2D eigenvalue weighted by molar-refractivity contribution is 5.80. The van der Waals surface area contributed by atoms with Crippen molar-refractivity contribution in [2.75, 3.05) is 5.32 Å². The van der Waals surface area contributed by atoms with Gasteiger partial charge in [-0.3, -0.25) is 0 Å². The van der Waals surface area contributed by atoms with Gasteiger partial charge in [0.05, 0.1) is 5.56 Å². The zero-order valence-electron chi connectivity index (χ0n) is 9.70. The van der Waals surface area contributed by atoms with E-state index >= 15 is 0 Å². The lowest BCUT2D eigenvalue weighted by atomic mass is 10.1. The average molecular weight is 261 g/mol. The van der Waals surface area contributed by atoms with Crippen LogP contribution in [0, 0.1) is 0 Å². The lowest BCUT2D eigenvalue weighted by Crippen LogP contribution is -2.24. The molecule has 0 aliphatic rings. The van der Waals surface area contributed by atoms with Gasteiger partial charge < -0.3 is 16.3 Å². The summed E-state index contributed by atoms with van der Waals surface area (Å²) in [6.45, 7) is 1.77. The summed E-state index contributed by atoms with van der Waals surface area (Å²) in [6, 6.07) is 4.52. The van der Waals surface area contributed by atoms with Gasteiger partial charge >= 0.3 is 6.18 Å². The van der Waals surface area contributed by atoms with Gasteiger partial charge in [-0.2, -0.15) is 13.2 Å². The maximum absolute atomic E-state index is 12.3. The minimum atomic E-state index is -4.34. The molecule has 0 aromatic heterocycles. The number of hydrogen-bond donors (Lipinski definition) is 3. The molecule has 18 heavy (non-hydrogen) atoms. The van der Waals surface area contributed by atoms with Gasteiger partial charge in [0.1, 0.15) is 5.84 Å². The van der Waals surface area contributed by atoms with E-state index in [4.69, 9.17) is 10.9 Å². The van der Waals surface area contributed by atoms with Crippen LogP contribution in [-0.4, -0.2) is 17.1 Å². The highest BCUT2D eigenvalue weighted by Crippen LogP contribution is 2.29. The van der Waals surface area contributed by atoms with Crippen molar-refractivity contribution in [3.63, 3.8) is 0 Å². The maximum atomic E-state index is 12.3. The van der Waals surface area contributed by atoms with E-state index in [1.54, 1.807) is 6.92 Å². The van der Waals surface area contributed by atoms with Crippen molar-refractivity contribution in [1.82, 2.24) is 0 Å². The number of oxime groups is 1. The Hall–Kier alpha value is -1.92. The maximum Gasteiger partial charge on any atom is 0.416 e. The third-order valence-corrected chi connectivity index (χ3v) is 2.27. The lowest BCUT2D eigenvalue weighted by molar-refractivity contribution is -0.137. The van der Waals surface area contributed by atoms with E-state index in [0.717, 1.165) is 12.1 Å². The number of anilines is 1. The quantitative estimate of drug-likeness (QED) is 0.338. The summed E-state index contributed by atoms with van der Waals surface area (Å²) in [5, 5.41) is 14.2. The zero-order valence-corrected chi connectivity index (χ0v) is 9.70. The Morgan fingerprint density at radius 3 is 2.39 bits per heavy atom. The van der Waals surface area contributed by atoms with Crippen LogP contribution in [0.15, 0.2) is 29.4 Å². The van der Waals surface area contributed by atoms with Crippen molar-refractivity contribution in [1.29, 1.82) is 0 Å².